The van der Waals surface area contributed by atoms with Gasteiger partial charge in [-0.3, -0.25) is 9.59 Å². The standard InChI is InChI=1S/C29H30O11/c1-13-11-16-20(22(37-14(2)30)19-15(21(16)32-3)7-5-8-17(19)31)23-18(13)24-25-28(33-4,38-23)27(12-36-27)29(39-24,40-25)26-34-9-6-10-35-26/h11,24-26H,5-10,12H2,1-4H3/t24?,25?,27-,28+,29?/m0/s1. The van der Waals surface area contributed by atoms with Crippen molar-refractivity contribution in [2.75, 3.05) is 34.0 Å². The highest BCUT2D eigenvalue weighted by Gasteiger charge is 2.93. The molecule has 0 N–H and O–H groups in total. The van der Waals surface area contributed by atoms with Gasteiger partial charge in [-0.2, -0.15) is 0 Å². The molecule has 5 atom stereocenters. The lowest BCUT2D eigenvalue weighted by Crippen LogP contribution is -2.70. The summed E-state index contributed by atoms with van der Waals surface area (Å²) >= 11 is 0. The Labute approximate surface area is 229 Å². The van der Waals surface area contributed by atoms with Gasteiger partial charge in [0.05, 0.1) is 37.9 Å². The number of ketones is 1. The van der Waals surface area contributed by atoms with Gasteiger partial charge in [-0.15, -0.1) is 0 Å². The Bertz CT molecular complexity index is 1490. The largest absolute Gasteiger partial charge is 0.496 e. The fourth-order valence-electron chi connectivity index (χ4n) is 7.54. The number of methoxy groups -OCH3 is 2. The van der Waals surface area contributed by atoms with Crippen LogP contribution in [0.1, 0.15) is 59.3 Å². The highest BCUT2D eigenvalue weighted by molar-refractivity contribution is 6.12. The quantitative estimate of drug-likeness (QED) is 0.315. The van der Waals surface area contributed by atoms with Crippen LogP contribution in [0.3, 0.4) is 0 Å². The maximum absolute atomic E-state index is 13.3. The van der Waals surface area contributed by atoms with Gasteiger partial charge >= 0.3 is 5.97 Å². The molecule has 11 nitrogen and oxygen atoms in total. The molecular weight excluding hydrogens is 524 g/mol. The van der Waals surface area contributed by atoms with Crippen LogP contribution in [0.5, 0.6) is 17.2 Å². The summed E-state index contributed by atoms with van der Waals surface area (Å²) in [5, 5.41) is 1.12. The zero-order chi connectivity index (χ0) is 27.6. The van der Waals surface area contributed by atoms with Gasteiger partial charge in [0.25, 0.3) is 11.6 Å². The van der Waals surface area contributed by atoms with Crippen molar-refractivity contribution < 1.29 is 52.2 Å². The minimum Gasteiger partial charge on any atom is -0.496 e. The van der Waals surface area contributed by atoms with Crippen molar-refractivity contribution in [1.82, 2.24) is 0 Å². The van der Waals surface area contributed by atoms with Crippen LogP contribution in [-0.2, 0) is 39.6 Å². The average Bonchev–Trinajstić information content (AvgIpc) is 3.60. The van der Waals surface area contributed by atoms with E-state index in [0.717, 1.165) is 17.5 Å². The fraction of sp³-hybridized carbons (Fsp3) is 0.586. The first-order valence-electron chi connectivity index (χ1n) is 13.7. The number of esters is 1. The lowest BCUT2D eigenvalue weighted by Gasteiger charge is -2.49. The second kappa shape index (κ2) is 8.15. The summed E-state index contributed by atoms with van der Waals surface area (Å²) in [6, 6.07) is 1.96. The summed E-state index contributed by atoms with van der Waals surface area (Å²) in [7, 11) is 3.12. The Balaban J connectivity index is 1.42. The molecule has 2 aromatic carbocycles. The Kier molecular flexibility index (Phi) is 5.08. The lowest BCUT2D eigenvalue weighted by molar-refractivity contribution is -0.365. The van der Waals surface area contributed by atoms with E-state index in [0.29, 0.717) is 65.9 Å². The lowest BCUT2D eigenvalue weighted by atomic mass is 9.78. The van der Waals surface area contributed by atoms with E-state index in [1.54, 1.807) is 14.2 Å². The summed E-state index contributed by atoms with van der Waals surface area (Å²) in [6.45, 7) is 4.50. The molecule has 0 radical (unpaired) electrons. The second-order valence-corrected chi connectivity index (χ2v) is 11.2. The molecule has 212 valence electrons. The number of benzene rings is 2. The summed E-state index contributed by atoms with van der Waals surface area (Å²) in [4.78, 5) is 25.8. The number of Topliss-reactive ketones (excluding diaryl/α,β-unsaturated/α-hetero) is 1. The normalized spacial score (nSPS) is 35.5. The number of ether oxygens (including phenoxy) is 9. The first-order valence-corrected chi connectivity index (χ1v) is 13.7. The summed E-state index contributed by atoms with van der Waals surface area (Å²) in [5.41, 5.74) is 1.48. The number of carbonyl (C=O) groups is 2. The predicted octanol–water partition coefficient (Wildman–Crippen LogP) is 3.03. The summed E-state index contributed by atoms with van der Waals surface area (Å²) in [6.07, 6.45) is 0.238. The van der Waals surface area contributed by atoms with Crippen molar-refractivity contribution in [2.24, 2.45) is 0 Å². The smallest absolute Gasteiger partial charge is 0.308 e. The second-order valence-electron chi connectivity index (χ2n) is 11.2. The Hall–Kier alpha value is -2.80. The average molecular weight is 555 g/mol. The predicted molar refractivity (Wildman–Crippen MR) is 135 cm³/mol. The van der Waals surface area contributed by atoms with Crippen molar-refractivity contribution >= 4 is 22.5 Å². The maximum Gasteiger partial charge on any atom is 0.308 e. The summed E-state index contributed by atoms with van der Waals surface area (Å²) < 4.78 is 56.3. The topological polar surface area (TPSA) is 121 Å². The molecule has 0 saturated carbocycles. The van der Waals surface area contributed by atoms with E-state index >= 15 is 0 Å². The van der Waals surface area contributed by atoms with Gasteiger partial charge in [0.1, 0.15) is 17.6 Å². The molecule has 1 spiro atoms. The first kappa shape index (κ1) is 25.0. The minimum atomic E-state index is -1.42. The number of epoxide rings is 1. The molecule has 5 heterocycles. The number of carbonyl (C=O) groups excluding carboxylic acids is 2. The first-order chi connectivity index (χ1) is 19.3. The van der Waals surface area contributed by atoms with Crippen molar-refractivity contribution in [3.63, 3.8) is 0 Å². The van der Waals surface area contributed by atoms with Crippen LogP contribution in [0.15, 0.2) is 6.07 Å². The van der Waals surface area contributed by atoms with Crippen molar-refractivity contribution in [2.45, 2.75) is 75.2 Å². The third-order valence-electron chi connectivity index (χ3n) is 9.15. The third-order valence-corrected chi connectivity index (χ3v) is 9.15. The summed E-state index contributed by atoms with van der Waals surface area (Å²) in [5.74, 6) is -2.38. The number of fused-ring (bicyclic) bond motifs is 8. The van der Waals surface area contributed by atoms with Crippen LogP contribution in [0, 0.1) is 6.92 Å². The number of hydrogen-bond acceptors (Lipinski definition) is 11. The molecule has 11 heteroatoms. The number of rotatable bonds is 4. The van der Waals surface area contributed by atoms with E-state index in [4.69, 9.17) is 42.6 Å². The highest BCUT2D eigenvalue weighted by atomic mass is 16.9. The number of aryl methyl sites for hydroxylation is 1. The van der Waals surface area contributed by atoms with Gasteiger partial charge in [-0.25, -0.2) is 0 Å². The minimum absolute atomic E-state index is 0.112. The van der Waals surface area contributed by atoms with Crippen molar-refractivity contribution in [1.29, 1.82) is 0 Å². The molecule has 6 aliphatic rings. The maximum atomic E-state index is 13.3. The molecule has 0 amide bonds. The zero-order valence-corrected chi connectivity index (χ0v) is 22.7. The van der Waals surface area contributed by atoms with Crippen LogP contribution in [0.25, 0.3) is 10.8 Å². The Morgan fingerprint density at radius 1 is 1.07 bits per heavy atom. The van der Waals surface area contributed by atoms with Gasteiger partial charge in [-0.05, 0) is 37.8 Å². The van der Waals surface area contributed by atoms with E-state index in [-0.39, 0.29) is 18.1 Å². The highest BCUT2D eigenvalue weighted by Crippen LogP contribution is 2.72. The van der Waals surface area contributed by atoms with Gasteiger partial charge in [0.15, 0.2) is 17.6 Å². The van der Waals surface area contributed by atoms with Crippen LogP contribution >= 0.6 is 0 Å². The molecule has 1 aliphatic carbocycles. The molecular formula is C29H30O11. The van der Waals surface area contributed by atoms with Crippen molar-refractivity contribution in [3.05, 3.63) is 28.3 Å². The zero-order valence-electron chi connectivity index (χ0n) is 22.7. The van der Waals surface area contributed by atoms with Gasteiger partial charge in [0, 0.05) is 37.0 Å². The SMILES string of the molecule is COc1c2c(c(OC(C)=O)c3c4c(c(C)cc13)C1OC3(C5OCCCO5)OC1[C@@](OC)(O4)[C@@]31CO1)C(=O)CCC2. The molecule has 2 aromatic rings. The fourth-order valence-corrected chi connectivity index (χ4v) is 7.54. The monoisotopic (exact) mass is 554 g/mol. The van der Waals surface area contributed by atoms with E-state index in [1.807, 2.05) is 13.0 Å². The van der Waals surface area contributed by atoms with Gasteiger partial charge < -0.3 is 42.6 Å². The third kappa shape index (κ3) is 2.76. The van der Waals surface area contributed by atoms with Gasteiger partial charge in [-0.1, -0.05) is 0 Å². The van der Waals surface area contributed by atoms with Gasteiger partial charge in [0.2, 0.25) is 11.9 Å². The molecule has 2 bridgehead atoms. The van der Waals surface area contributed by atoms with Crippen molar-refractivity contribution in [3.8, 4) is 17.2 Å². The van der Waals surface area contributed by atoms with E-state index in [2.05, 4.69) is 0 Å². The molecule has 0 aromatic heterocycles. The number of hydrogen-bond donors (Lipinski definition) is 0. The molecule has 40 heavy (non-hydrogen) atoms. The van der Waals surface area contributed by atoms with E-state index < -0.39 is 41.6 Å². The molecule has 3 unspecified atom stereocenters. The Morgan fingerprint density at radius 3 is 2.52 bits per heavy atom. The molecule has 4 saturated heterocycles. The molecule has 4 fully saturated rings. The van der Waals surface area contributed by atoms with E-state index in [1.165, 1.54) is 6.92 Å². The molecule has 5 aliphatic heterocycles. The Morgan fingerprint density at radius 2 is 1.85 bits per heavy atom. The molecule has 8 rings (SSSR count). The van der Waals surface area contributed by atoms with Crippen LogP contribution in [0.2, 0.25) is 0 Å². The van der Waals surface area contributed by atoms with Crippen LogP contribution in [0.4, 0.5) is 0 Å². The van der Waals surface area contributed by atoms with E-state index in [9.17, 15) is 9.59 Å². The van der Waals surface area contributed by atoms with Crippen LogP contribution < -0.4 is 14.2 Å². The van der Waals surface area contributed by atoms with Crippen LogP contribution in [-0.4, -0.2) is 75.4 Å².